The first kappa shape index (κ1) is 16.7. The lowest BCUT2D eigenvalue weighted by Crippen LogP contribution is -2.13. The van der Waals surface area contributed by atoms with E-state index in [1.54, 1.807) is 19.0 Å². The summed E-state index contributed by atoms with van der Waals surface area (Å²) in [5.41, 5.74) is -0.207. The van der Waals surface area contributed by atoms with Crippen molar-refractivity contribution in [3.05, 3.63) is 23.6 Å². The zero-order valence-corrected chi connectivity index (χ0v) is 11.5. The van der Waals surface area contributed by atoms with E-state index >= 15 is 0 Å². The molecule has 0 spiro atoms. The number of hydrogen-bond acceptors (Lipinski definition) is 5. The highest BCUT2D eigenvalue weighted by Gasteiger charge is 2.20. The Balaban J connectivity index is 5.54. The van der Waals surface area contributed by atoms with Crippen LogP contribution in [0.1, 0.15) is 6.92 Å². The number of carbonyl (C=O) groups is 1. The van der Waals surface area contributed by atoms with Gasteiger partial charge in [0.1, 0.15) is 5.76 Å². The molecule has 18 heavy (non-hydrogen) atoms. The maximum Gasteiger partial charge on any atom is 0.693 e. The Morgan fingerprint density at radius 3 is 2.33 bits per heavy atom. The van der Waals surface area contributed by atoms with Crippen molar-refractivity contribution in [2.45, 2.75) is 6.92 Å². The van der Waals surface area contributed by atoms with Crippen molar-refractivity contribution in [3.63, 3.8) is 0 Å². The molecule has 0 amide bonds. The van der Waals surface area contributed by atoms with Gasteiger partial charge in [-0.2, -0.15) is 0 Å². The summed E-state index contributed by atoms with van der Waals surface area (Å²) in [6, 6.07) is 0. The highest BCUT2D eigenvalue weighted by molar-refractivity contribution is 8.14. The van der Waals surface area contributed by atoms with Gasteiger partial charge in [-0.25, -0.2) is 0 Å². The summed E-state index contributed by atoms with van der Waals surface area (Å²) >= 11 is 0.881. The van der Waals surface area contributed by atoms with Crippen molar-refractivity contribution in [2.24, 2.45) is 4.90 Å². The van der Waals surface area contributed by atoms with Gasteiger partial charge in [0.25, 0.3) is 0 Å². The van der Waals surface area contributed by atoms with E-state index in [-0.39, 0.29) is 16.4 Å². The van der Waals surface area contributed by atoms with Crippen LogP contribution in [0.15, 0.2) is 28.5 Å². The highest BCUT2D eigenvalue weighted by atomic mass is 32.2. The molecular formula is C10H15BF2N2O2S. The van der Waals surface area contributed by atoms with Gasteiger partial charge in [0.05, 0.1) is 10.6 Å². The second kappa shape index (κ2) is 7.91. The second-order valence-corrected chi connectivity index (χ2v) is 4.31. The summed E-state index contributed by atoms with van der Waals surface area (Å²) < 4.78 is 24.5. The van der Waals surface area contributed by atoms with E-state index in [0.717, 1.165) is 11.8 Å². The minimum atomic E-state index is -2.92. The molecule has 8 heteroatoms. The normalized spacial score (nSPS) is 13.6. The van der Waals surface area contributed by atoms with Gasteiger partial charge >= 0.3 is 7.40 Å². The van der Waals surface area contributed by atoms with Crippen LogP contribution >= 0.6 is 11.8 Å². The number of hydrogen-bond donors (Lipinski definition) is 1. The summed E-state index contributed by atoms with van der Waals surface area (Å²) in [6.45, 7) is 1.19. The smallest absolute Gasteiger partial charge is 0.507 e. The van der Waals surface area contributed by atoms with Crippen molar-refractivity contribution in [3.8, 4) is 0 Å². The fourth-order valence-corrected chi connectivity index (χ4v) is 1.69. The van der Waals surface area contributed by atoms with Gasteiger partial charge in [-0.1, -0.05) is 0 Å². The Labute approximate surface area is 110 Å². The maximum atomic E-state index is 12.2. The summed E-state index contributed by atoms with van der Waals surface area (Å²) in [5, 5.41) is 9.57. The molecule has 0 saturated heterocycles. The fourth-order valence-electron chi connectivity index (χ4n) is 1.05. The predicted octanol–water partition coefficient (Wildman–Crippen LogP) is 2.15. The van der Waals surface area contributed by atoms with Crippen LogP contribution in [-0.2, 0) is 4.79 Å². The lowest BCUT2D eigenvalue weighted by molar-refractivity contribution is -0.113. The van der Waals surface area contributed by atoms with E-state index in [4.69, 9.17) is 0 Å². The maximum absolute atomic E-state index is 12.2. The van der Waals surface area contributed by atoms with E-state index in [0.29, 0.717) is 0 Å². The van der Waals surface area contributed by atoms with Gasteiger partial charge in [0, 0.05) is 20.3 Å². The third-order valence-corrected chi connectivity index (χ3v) is 2.46. The van der Waals surface area contributed by atoms with E-state index in [1.165, 1.54) is 25.5 Å². The van der Waals surface area contributed by atoms with Crippen molar-refractivity contribution in [1.82, 2.24) is 4.90 Å². The fraction of sp³-hybridized carbons (Fsp3) is 0.400. The largest absolute Gasteiger partial charge is 0.693 e. The molecule has 0 aromatic heterocycles. The molecule has 100 valence electrons. The van der Waals surface area contributed by atoms with Crippen LogP contribution in [-0.4, -0.2) is 48.6 Å². The number of thioether (sulfide) groups is 1. The van der Waals surface area contributed by atoms with E-state index in [2.05, 4.69) is 4.90 Å². The molecule has 1 N–H and O–H groups in total. The number of aliphatic hydroxyl groups is 1. The molecule has 0 atom stereocenters. The van der Waals surface area contributed by atoms with Crippen molar-refractivity contribution in [1.29, 1.82) is 0 Å². The molecule has 0 saturated carbocycles. The number of aliphatic hydroxyl groups excluding tert-OH is 1. The molecule has 0 aromatic carbocycles. The number of Topliss-reactive ketones (excluding diaryl/α,β-unsaturated/α-hetero) is 1. The summed E-state index contributed by atoms with van der Waals surface area (Å²) in [6.07, 6.45) is 4.26. The minimum absolute atomic E-state index is 0.182. The molecule has 0 aromatic rings. The second-order valence-electron chi connectivity index (χ2n) is 3.51. The number of ketones is 1. The number of allylic oxidation sites excluding steroid dienone is 1. The molecule has 0 aliphatic heterocycles. The van der Waals surface area contributed by atoms with Gasteiger partial charge in [0.2, 0.25) is 0 Å². The van der Waals surface area contributed by atoms with E-state index in [1.807, 2.05) is 0 Å². The third-order valence-electron chi connectivity index (χ3n) is 1.76. The zero-order valence-electron chi connectivity index (χ0n) is 10.6. The highest BCUT2D eigenvalue weighted by Crippen LogP contribution is 2.16. The SMILES string of the molecule is CSC(=N\B(F)F)/C(C(C)=O)=C(O)/C=C\N(C)C. The van der Waals surface area contributed by atoms with Gasteiger partial charge in [0.15, 0.2) is 5.78 Å². The Morgan fingerprint density at radius 1 is 1.44 bits per heavy atom. The molecule has 0 unspecified atom stereocenters. The first-order valence-corrected chi connectivity index (χ1v) is 6.21. The average molecular weight is 276 g/mol. The Hall–Kier alpha value is -1.31. The molecular weight excluding hydrogens is 261 g/mol. The van der Waals surface area contributed by atoms with E-state index < -0.39 is 13.2 Å². The van der Waals surface area contributed by atoms with Gasteiger partial charge in [-0.15, -0.1) is 11.8 Å². The first-order valence-electron chi connectivity index (χ1n) is 4.98. The third kappa shape index (κ3) is 5.86. The zero-order chi connectivity index (χ0) is 14.3. The Kier molecular flexibility index (Phi) is 7.34. The lowest BCUT2D eigenvalue weighted by Gasteiger charge is -2.08. The average Bonchev–Trinajstić information content (AvgIpc) is 2.24. The Morgan fingerprint density at radius 2 is 2.00 bits per heavy atom. The van der Waals surface area contributed by atoms with Crippen LogP contribution in [0.2, 0.25) is 0 Å². The molecule has 4 nitrogen and oxygen atoms in total. The lowest BCUT2D eigenvalue weighted by atomic mass is 10.1. The van der Waals surface area contributed by atoms with Crippen LogP contribution in [0.4, 0.5) is 8.63 Å². The topological polar surface area (TPSA) is 52.9 Å². The predicted molar refractivity (Wildman–Crippen MR) is 72.1 cm³/mol. The molecule has 0 bridgehead atoms. The van der Waals surface area contributed by atoms with Crippen LogP contribution in [0, 0.1) is 0 Å². The molecule has 0 fully saturated rings. The van der Waals surface area contributed by atoms with Crippen LogP contribution in [0.5, 0.6) is 0 Å². The van der Waals surface area contributed by atoms with Crippen LogP contribution < -0.4 is 0 Å². The Bertz CT molecular complexity index is 395. The number of rotatable bonds is 5. The minimum Gasteiger partial charge on any atom is -0.507 e. The number of nitrogens with zero attached hydrogens (tertiary/aromatic N) is 2. The first-order chi connectivity index (χ1) is 8.29. The van der Waals surface area contributed by atoms with Crippen LogP contribution in [0.3, 0.4) is 0 Å². The summed E-state index contributed by atoms with van der Waals surface area (Å²) in [7, 11) is 0.521. The molecule has 0 heterocycles. The summed E-state index contributed by atoms with van der Waals surface area (Å²) in [5.74, 6) is -0.908. The quantitative estimate of drug-likeness (QED) is 0.209. The standard InChI is InChI=1S/C10H15BF2N2O2S/c1-7(16)9(8(17)5-6-15(2)3)10(18-4)14-11(12)13/h5-6,17H,1-4H3/b6-5-,9-8-,14-10-. The number of carbonyl (C=O) groups excluding carboxylic acids is 1. The van der Waals surface area contributed by atoms with Gasteiger partial charge in [-0.05, 0) is 19.3 Å². The van der Waals surface area contributed by atoms with E-state index in [9.17, 15) is 18.5 Å². The monoisotopic (exact) mass is 276 g/mol. The molecule has 0 radical (unpaired) electrons. The van der Waals surface area contributed by atoms with Crippen LogP contribution in [0.25, 0.3) is 0 Å². The van der Waals surface area contributed by atoms with Gasteiger partial charge in [-0.3, -0.25) is 18.3 Å². The van der Waals surface area contributed by atoms with Crippen molar-refractivity contribution < 1.29 is 18.5 Å². The molecule has 0 rings (SSSR count). The van der Waals surface area contributed by atoms with Gasteiger partial charge < -0.3 is 10.0 Å². The number of halogens is 2. The molecule has 0 aliphatic carbocycles. The van der Waals surface area contributed by atoms with Crippen molar-refractivity contribution in [2.75, 3.05) is 20.4 Å². The molecule has 0 aliphatic rings. The van der Waals surface area contributed by atoms with Crippen molar-refractivity contribution >= 4 is 30.0 Å². The summed E-state index contributed by atoms with van der Waals surface area (Å²) in [4.78, 5) is 16.1.